The topological polar surface area (TPSA) is 72.3 Å². The zero-order chi connectivity index (χ0) is 23.0. The monoisotopic (exact) mass is 465 g/mol. The zero-order valence-corrected chi connectivity index (χ0v) is 20.1. The number of nitrogens with zero attached hydrogens (tertiary/aromatic N) is 4. The molecule has 174 valence electrons. The zero-order valence-electron chi connectivity index (χ0n) is 19.3. The Hall–Kier alpha value is -2.84. The van der Waals surface area contributed by atoms with Gasteiger partial charge in [-0.1, -0.05) is 74.1 Å². The average Bonchev–Trinajstić information content (AvgIpc) is 3.26. The van der Waals surface area contributed by atoms with Crippen LogP contribution in [0.1, 0.15) is 30.5 Å². The van der Waals surface area contributed by atoms with E-state index in [1.807, 2.05) is 18.2 Å². The minimum absolute atomic E-state index is 0.0298. The highest BCUT2D eigenvalue weighted by Gasteiger charge is 2.21. The number of aromatic nitrogens is 3. The van der Waals surface area contributed by atoms with E-state index < -0.39 is 0 Å². The molecule has 8 heteroatoms. The number of ether oxygens (including phenoxy) is 1. The molecule has 0 aliphatic carbocycles. The number of carbonyl (C=O) groups excluding carboxylic acids is 1. The Kier molecular flexibility index (Phi) is 8.01. The predicted molar refractivity (Wildman–Crippen MR) is 133 cm³/mol. The molecule has 2 aromatic carbocycles. The van der Waals surface area contributed by atoms with E-state index in [-0.39, 0.29) is 11.7 Å². The first-order valence-electron chi connectivity index (χ1n) is 11.5. The normalized spacial score (nSPS) is 13.8. The Balaban J connectivity index is 1.51. The molecule has 0 bridgehead atoms. The number of benzene rings is 2. The maximum absolute atomic E-state index is 12.9. The summed E-state index contributed by atoms with van der Waals surface area (Å²) >= 11 is 1.42. The smallest absolute Gasteiger partial charge is 0.234 e. The maximum atomic E-state index is 12.9. The quantitative estimate of drug-likeness (QED) is 0.481. The highest BCUT2D eigenvalue weighted by molar-refractivity contribution is 7.99. The molecule has 0 saturated carbocycles. The van der Waals surface area contributed by atoms with E-state index in [9.17, 15) is 4.79 Å². The van der Waals surface area contributed by atoms with Gasteiger partial charge in [-0.3, -0.25) is 9.36 Å². The van der Waals surface area contributed by atoms with E-state index in [1.54, 1.807) is 0 Å². The maximum Gasteiger partial charge on any atom is 0.234 e. The Morgan fingerprint density at radius 1 is 1.00 bits per heavy atom. The number of anilines is 2. The molecule has 1 saturated heterocycles. The molecule has 0 spiro atoms. The fourth-order valence-corrected chi connectivity index (χ4v) is 4.73. The number of aryl methyl sites for hydroxylation is 2. The first-order valence-corrected chi connectivity index (χ1v) is 12.5. The molecule has 1 aromatic heterocycles. The van der Waals surface area contributed by atoms with Crippen molar-refractivity contribution in [1.82, 2.24) is 14.8 Å². The number of carbonyl (C=O) groups is 1. The molecule has 1 amide bonds. The van der Waals surface area contributed by atoms with Crippen LogP contribution in [0.25, 0.3) is 0 Å². The van der Waals surface area contributed by atoms with Crippen LogP contribution in [0.4, 0.5) is 11.6 Å². The van der Waals surface area contributed by atoms with E-state index in [1.165, 1.54) is 17.3 Å². The molecule has 0 unspecified atom stereocenters. The Labute approximate surface area is 199 Å². The number of nitrogens with one attached hydrogen (secondary N) is 1. The van der Waals surface area contributed by atoms with Gasteiger partial charge in [0, 0.05) is 18.8 Å². The summed E-state index contributed by atoms with van der Waals surface area (Å²) in [5, 5.41) is 12.8. The van der Waals surface area contributed by atoms with Crippen LogP contribution >= 0.6 is 11.8 Å². The second kappa shape index (κ2) is 11.3. The summed E-state index contributed by atoms with van der Waals surface area (Å²) in [4.78, 5) is 15.1. The van der Waals surface area contributed by atoms with E-state index in [2.05, 4.69) is 69.2 Å². The fourth-order valence-electron chi connectivity index (χ4n) is 4.00. The Morgan fingerprint density at radius 2 is 1.70 bits per heavy atom. The average molecular weight is 466 g/mol. The van der Waals surface area contributed by atoms with Crippen molar-refractivity contribution in [3.8, 4) is 0 Å². The first kappa shape index (κ1) is 23.3. The summed E-state index contributed by atoms with van der Waals surface area (Å²) in [7, 11) is 0. The number of hydrogen-bond donors (Lipinski definition) is 1. The van der Waals surface area contributed by atoms with Gasteiger partial charge in [0.25, 0.3) is 0 Å². The molecule has 2 heterocycles. The highest BCUT2D eigenvalue weighted by Crippen LogP contribution is 2.26. The summed E-state index contributed by atoms with van der Waals surface area (Å²) in [6.45, 7) is 7.80. The van der Waals surface area contributed by atoms with Crippen molar-refractivity contribution < 1.29 is 9.53 Å². The molecule has 0 radical (unpaired) electrons. The molecular formula is C25H31N5O2S. The van der Waals surface area contributed by atoms with Crippen molar-refractivity contribution in [2.75, 3.05) is 42.3 Å². The van der Waals surface area contributed by atoms with Gasteiger partial charge in [-0.25, -0.2) is 0 Å². The van der Waals surface area contributed by atoms with E-state index in [4.69, 9.17) is 4.74 Å². The molecule has 1 aliphatic rings. The van der Waals surface area contributed by atoms with E-state index in [0.29, 0.717) is 19.8 Å². The standard InChI is InChI=1S/C25H31N5O2S/c1-3-20-11-8-12-21(4-2)23(20)26-22(31)18-33-25-28-27-24(29-13-15-32-16-14-29)30(25)17-19-9-6-5-7-10-19/h5-12H,3-4,13-18H2,1-2H3,(H,26,31). The largest absolute Gasteiger partial charge is 0.378 e. The highest BCUT2D eigenvalue weighted by atomic mass is 32.2. The molecule has 1 aliphatic heterocycles. The van der Waals surface area contributed by atoms with Gasteiger partial charge in [-0.15, -0.1) is 10.2 Å². The molecule has 1 N–H and O–H groups in total. The van der Waals surface area contributed by atoms with Gasteiger partial charge in [0.05, 0.1) is 25.5 Å². The van der Waals surface area contributed by atoms with Gasteiger partial charge in [-0.05, 0) is 29.5 Å². The van der Waals surface area contributed by atoms with Gasteiger partial charge in [0.1, 0.15) is 0 Å². The van der Waals surface area contributed by atoms with Crippen molar-refractivity contribution in [3.05, 3.63) is 65.2 Å². The first-order chi connectivity index (χ1) is 16.2. The number of morpholine rings is 1. The van der Waals surface area contributed by atoms with Gasteiger partial charge in [-0.2, -0.15) is 0 Å². The van der Waals surface area contributed by atoms with Crippen LogP contribution in [0.15, 0.2) is 53.7 Å². The van der Waals surface area contributed by atoms with Crippen LogP contribution in [0, 0.1) is 0 Å². The third kappa shape index (κ3) is 5.75. The van der Waals surface area contributed by atoms with Crippen LogP contribution in [-0.4, -0.2) is 52.7 Å². The predicted octanol–water partition coefficient (Wildman–Crippen LogP) is 4.02. The summed E-state index contributed by atoms with van der Waals surface area (Å²) in [6.07, 6.45) is 1.76. The third-order valence-corrected chi connectivity index (χ3v) is 6.74. The van der Waals surface area contributed by atoms with Gasteiger partial charge in [0.15, 0.2) is 5.16 Å². The lowest BCUT2D eigenvalue weighted by Gasteiger charge is -2.28. The van der Waals surface area contributed by atoms with Gasteiger partial charge >= 0.3 is 0 Å². The van der Waals surface area contributed by atoms with Crippen LogP contribution in [0.3, 0.4) is 0 Å². The van der Waals surface area contributed by atoms with Crippen molar-refractivity contribution in [2.45, 2.75) is 38.4 Å². The summed E-state index contributed by atoms with van der Waals surface area (Å²) in [5.74, 6) is 1.07. The second-order valence-corrected chi connectivity index (χ2v) is 8.89. The van der Waals surface area contributed by atoms with Crippen LogP contribution in [0.2, 0.25) is 0 Å². The minimum atomic E-state index is -0.0298. The molecule has 4 rings (SSSR count). The molecule has 1 fully saturated rings. The van der Waals surface area contributed by atoms with E-state index >= 15 is 0 Å². The van der Waals surface area contributed by atoms with Crippen molar-refractivity contribution in [3.63, 3.8) is 0 Å². The van der Waals surface area contributed by atoms with Gasteiger partial charge < -0.3 is 15.0 Å². The second-order valence-electron chi connectivity index (χ2n) is 7.95. The van der Waals surface area contributed by atoms with Crippen molar-refractivity contribution in [2.24, 2.45) is 0 Å². The lowest BCUT2D eigenvalue weighted by atomic mass is 10.0. The van der Waals surface area contributed by atoms with Gasteiger partial charge in [0.2, 0.25) is 11.9 Å². The Morgan fingerprint density at radius 3 is 2.36 bits per heavy atom. The molecule has 7 nitrogen and oxygen atoms in total. The summed E-state index contributed by atoms with van der Waals surface area (Å²) in [5.41, 5.74) is 4.44. The van der Waals surface area contributed by atoms with Crippen LogP contribution in [0.5, 0.6) is 0 Å². The number of hydrogen-bond acceptors (Lipinski definition) is 6. The fraction of sp³-hybridized carbons (Fsp3) is 0.400. The Bertz CT molecular complexity index is 1040. The lowest BCUT2D eigenvalue weighted by molar-refractivity contribution is -0.113. The molecule has 0 atom stereocenters. The summed E-state index contributed by atoms with van der Waals surface area (Å²) < 4.78 is 7.61. The molecular weight excluding hydrogens is 434 g/mol. The molecule has 3 aromatic rings. The third-order valence-electron chi connectivity index (χ3n) is 5.77. The lowest BCUT2D eigenvalue weighted by Crippen LogP contribution is -2.38. The van der Waals surface area contributed by atoms with Crippen LogP contribution in [-0.2, 0) is 28.9 Å². The molecule has 33 heavy (non-hydrogen) atoms. The minimum Gasteiger partial charge on any atom is -0.378 e. The van der Waals surface area contributed by atoms with Crippen LogP contribution < -0.4 is 10.2 Å². The number of rotatable bonds is 9. The van der Waals surface area contributed by atoms with Crippen molar-refractivity contribution >= 4 is 29.3 Å². The number of thioether (sulfide) groups is 1. The summed E-state index contributed by atoms with van der Waals surface area (Å²) in [6, 6.07) is 16.5. The van der Waals surface area contributed by atoms with Crippen molar-refractivity contribution in [1.29, 1.82) is 0 Å². The SMILES string of the molecule is CCc1cccc(CC)c1NC(=O)CSc1nnc(N2CCOCC2)n1Cc1ccccc1. The number of amides is 1. The van der Waals surface area contributed by atoms with E-state index in [0.717, 1.165) is 53.9 Å². The number of para-hydroxylation sites is 1.